The molecule has 1 aliphatic rings. The van der Waals surface area contributed by atoms with Crippen LogP contribution in [0.5, 0.6) is 0 Å². The average Bonchev–Trinajstić information content (AvgIpc) is 2.30. The molecule has 1 aromatic heterocycles. The lowest BCUT2D eigenvalue weighted by Crippen LogP contribution is -2.32. The molecule has 1 fully saturated rings. The fraction of sp³-hybridized carbons (Fsp3) is 0.500. The van der Waals surface area contributed by atoms with E-state index in [2.05, 4.69) is 0 Å². The normalized spacial score (nSPS) is 21.3. The van der Waals surface area contributed by atoms with E-state index in [1.165, 1.54) is 0 Å². The number of aliphatic hydroxyl groups is 1. The number of rotatable bonds is 1. The molecule has 0 aromatic carbocycles. The highest BCUT2D eigenvalue weighted by molar-refractivity contribution is 7.10. The van der Waals surface area contributed by atoms with Gasteiger partial charge in [-0.1, -0.05) is 11.6 Å². The van der Waals surface area contributed by atoms with E-state index in [-0.39, 0.29) is 0 Å². The molecule has 3 heteroatoms. The summed E-state index contributed by atoms with van der Waals surface area (Å²) in [5.74, 6) is 0. The van der Waals surface area contributed by atoms with E-state index in [0.717, 1.165) is 29.2 Å². The molecule has 0 bridgehead atoms. The topological polar surface area (TPSA) is 20.2 Å². The Balaban J connectivity index is 2.35. The van der Waals surface area contributed by atoms with Gasteiger partial charge in [0.2, 0.25) is 0 Å². The summed E-state index contributed by atoms with van der Waals surface area (Å²) < 4.78 is 0. The molecule has 1 saturated carbocycles. The van der Waals surface area contributed by atoms with Crippen LogP contribution in [0.25, 0.3) is 0 Å². The van der Waals surface area contributed by atoms with Crippen LogP contribution in [0.2, 0.25) is 5.02 Å². The second-order valence-corrected chi connectivity index (χ2v) is 4.31. The molecule has 0 saturated heterocycles. The largest absolute Gasteiger partial charge is 0.384 e. The third-order valence-corrected chi connectivity index (χ3v) is 3.76. The van der Waals surface area contributed by atoms with Crippen LogP contribution in [0.4, 0.5) is 0 Å². The van der Waals surface area contributed by atoms with Crippen LogP contribution < -0.4 is 0 Å². The van der Waals surface area contributed by atoms with E-state index in [0.29, 0.717) is 0 Å². The predicted molar refractivity (Wildman–Crippen MR) is 47.1 cm³/mol. The smallest absolute Gasteiger partial charge is 0.100 e. The molecular formula is C8H9ClOS. The highest BCUT2D eigenvalue weighted by atomic mass is 35.5. The lowest BCUT2D eigenvalue weighted by atomic mass is 9.79. The second-order valence-electron chi connectivity index (χ2n) is 2.98. The van der Waals surface area contributed by atoms with E-state index in [1.807, 2.05) is 11.4 Å². The van der Waals surface area contributed by atoms with Crippen LogP contribution in [0.3, 0.4) is 0 Å². The highest BCUT2D eigenvalue weighted by Crippen LogP contribution is 2.46. The van der Waals surface area contributed by atoms with Crippen molar-refractivity contribution in [3.8, 4) is 0 Å². The zero-order valence-corrected chi connectivity index (χ0v) is 7.58. The van der Waals surface area contributed by atoms with Gasteiger partial charge in [-0.25, -0.2) is 0 Å². The van der Waals surface area contributed by atoms with Crippen molar-refractivity contribution in [2.75, 3.05) is 0 Å². The van der Waals surface area contributed by atoms with E-state index in [4.69, 9.17) is 11.6 Å². The summed E-state index contributed by atoms with van der Waals surface area (Å²) in [7, 11) is 0. The Kier molecular flexibility index (Phi) is 1.71. The van der Waals surface area contributed by atoms with Crippen molar-refractivity contribution in [1.29, 1.82) is 0 Å². The van der Waals surface area contributed by atoms with Gasteiger partial charge in [0.25, 0.3) is 0 Å². The van der Waals surface area contributed by atoms with Gasteiger partial charge >= 0.3 is 0 Å². The lowest BCUT2D eigenvalue weighted by Gasteiger charge is -2.35. The fourth-order valence-electron chi connectivity index (χ4n) is 1.36. The number of hydrogen-bond acceptors (Lipinski definition) is 2. The Morgan fingerprint density at radius 3 is 2.64 bits per heavy atom. The quantitative estimate of drug-likeness (QED) is 0.719. The summed E-state index contributed by atoms with van der Waals surface area (Å²) in [6.07, 6.45) is 2.85. The van der Waals surface area contributed by atoms with Crippen LogP contribution >= 0.6 is 22.9 Å². The summed E-state index contributed by atoms with van der Waals surface area (Å²) in [4.78, 5) is 0.949. The molecule has 60 valence electrons. The third-order valence-electron chi connectivity index (χ3n) is 2.22. The molecule has 0 aliphatic heterocycles. The van der Waals surface area contributed by atoms with Gasteiger partial charge in [-0.2, -0.15) is 0 Å². The zero-order chi connectivity index (χ0) is 7.90. The van der Waals surface area contributed by atoms with Crippen molar-refractivity contribution < 1.29 is 5.11 Å². The van der Waals surface area contributed by atoms with Crippen molar-refractivity contribution in [3.05, 3.63) is 21.3 Å². The predicted octanol–water partition coefficient (Wildman–Crippen LogP) is 2.77. The first-order valence-corrected chi connectivity index (χ1v) is 4.94. The molecule has 1 aromatic rings. The molecule has 0 spiro atoms. The molecule has 0 amide bonds. The van der Waals surface area contributed by atoms with E-state index < -0.39 is 5.60 Å². The summed E-state index contributed by atoms with van der Waals surface area (Å²) in [6.45, 7) is 0. The maximum Gasteiger partial charge on any atom is 0.100 e. The summed E-state index contributed by atoms with van der Waals surface area (Å²) in [5, 5.41) is 12.5. The van der Waals surface area contributed by atoms with Gasteiger partial charge in [0.1, 0.15) is 5.60 Å². The SMILES string of the molecule is OC1(c2sccc2Cl)CCC1. The summed E-state index contributed by atoms with van der Waals surface area (Å²) in [5.41, 5.74) is -0.578. The van der Waals surface area contributed by atoms with Gasteiger partial charge in [-0.15, -0.1) is 11.3 Å². The van der Waals surface area contributed by atoms with Crippen molar-refractivity contribution in [2.45, 2.75) is 24.9 Å². The minimum Gasteiger partial charge on any atom is -0.384 e. The first-order valence-electron chi connectivity index (χ1n) is 3.68. The van der Waals surface area contributed by atoms with Gasteiger partial charge in [0.15, 0.2) is 0 Å². The first kappa shape index (κ1) is 7.59. The molecule has 1 heterocycles. The maximum absolute atomic E-state index is 9.88. The van der Waals surface area contributed by atoms with Crippen LogP contribution in [0, 0.1) is 0 Å². The molecule has 11 heavy (non-hydrogen) atoms. The molecule has 0 radical (unpaired) electrons. The molecule has 1 N–H and O–H groups in total. The van der Waals surface area contributed by atoms with Gasteiger partial charge < -0.3 is 5.11 Å². The van der Waals surface area contributed by atoms with Gasteiger partial charge in [0, 0.05) is 0 Å². The Morgan fingerprint density at radius 1 is 1.55 bits per heavy atom. The monoisotopic (exact) mass is 188 g/mol. The van der Waals surface area contributed by atoms with E-state index in [9.17, 15) is 5.11 Å². The standard InChI is InChI=1S/C8H9ClOS/c9-6-2-5-11-7(6)8(10)3-1-4-8/h2,5,10H,1,3-4H2. The fourth-order valence-corrected chi connectivity index (χ4v) is 2.76. The summed E-state index contributed by atoms with van der Waals surface area (Å²) in [6, 6.07) is 1.85. The molecule has 0 atom stereocenters. The van der Waals surface area contributed by atoms with Gasteiger partial charge in [-0.3, -0.25) is 0 Å². The lowest BCUT2D eigenvalue weighted by molar-refractivity contribution is -0.0353. The van der Waals surface area contributed by atoms with Crippen LogP contribution in [-0.2, 0) is 5.60 Å². The number of halogens is 1. The molecule has 2 rings (SSSR count). The summed E-state index contributed by atoms with van der Waals surface area (Å²) >= 11 is 7.44. The van der Waals surface area contributed by atoms with E-state index >= 15 is 0 Å². The van der Waals surface area contributed by atoms with Crippen LogP contribution in [-0.4, -0.2) is 5.11 Å². The number of thiophene rings is 1. The molecular weight excluding hydrogens is 180 g/mol. The van der Waals surface area contributed by atoms with Crippen LogP contribution in [0.1, 0.15) is 24.1 Å². The Bertz CT molecular complexity index is 265. The third kappa shape index (κ3) is 1.10. The Morgan fingerprint density at radius 2 is 2.27 bits per heavy atom. The van der Waals surface area contributed by atoms with Crippen molar-refractivity contribution >= 4 is 22.9 Å². The van der Waals surface area contributed by atoms with Gasteiger partial charge in [0.05, 0.1) is 9.90 Å². The molecule has 1 nitrogen and oxygen atoms in total. The minimum atomic E-state index is -0.578. The first-order chi connectivity index (χ1) is 5.22. The van der Waals surface area contributed by atoms with Gasteiger partial charge in [-0.05, 0) is 30.7 Å². The van der Waals surface area contributed by atoms with Crippen molar-refractivity contribution in [1.82, 2.24) is 0 Å². The zero-order valence-electron chi connectivity index (χ0n) is 6.01. The second kappa shape index (κ2) is 2.47. The molecule has 1 aliphatic carbocycles. The minimum absolute atomic E-state index is 0.578. The number of hydrogen-bond donors (Lipinski definition) is 1. The Hall–Kier alpha value is -0.0500. The van der Waals surface area contributed by atoms with E-state index in [1.54, 1.807) is 11.3 Å². The highest BCUT2D eigenvalue weighted by Gasteiger charge is 2.38. The molecule has 0 unspecified atom stereocenters. The van der Waals surface area contributed by atoms with Crippen molar-refractivity contribution in [2.24, 2.45) is 0 Å². The average molecular weight is 189 g/mol. The maximum atomic E-state index is 9.88. The van der Waals surface area contributed by atoms with Crippen LogP contribution in [0.15, 0.2) is 11.4 Å². The van der Waals surface area contributed by atoms with Crippen molar-refractivity contribution in [3.63, 3.8) is 0 Å². The Labute approximate surface area is 74.6 Å².